The van der Waals surface area contributed by atoms with Gasteiger partial charge in [-0.2, -0.15) is 5.26 Å². The standard InChI is InChI=1S/C43H57N5O7/c1-23(2)31-26(49)18-43(33(51)35-47-48-36(55-35)34-45-21-24(20-44)22-46-34)17-16-41(8)25(32(31)43)10-11-28-40(7)14-13-29(54-30(50)19-38(3,4)37(52)53)39(5,6)27(40)12-15-42(28,41)9/h21-23,25,27-29,33,51H,10-19H2,1-9H3,(H,52,53)/t25-,27?,28-,29+,33?,40+,41-,42-,43-/m1/s1. The van der Waals surface area contributed by atoms with E-state index in [0.717, 1.165) is 56.1 Å². The first-order chi connectivity index (χ1) is 25.7. The van der Waals surface area contributed by atoms with Gasteiger partial charge >= 0.3 is 11.9 Å². The van der Waals surface area contributed by atoms with Crippen LogP contribution in [-0.2, 0) is 19.1 Å². The van der Waals surface area contributed by atoms with Crippen LogP contribution in [0.25, 0.3) is 11.7 Å². The Morgan fingerprint density at radius 1 is 0.982 bits per heavy atom. The van der Waals surface area contributed by atoms with Crippen LogP contribution in [0.5, 0.6) is 0 Å². The van der Waals surface area contributed by atoms with Gasteiger partial charge in [-0.3, -0.25) is 14.4 Å². The number of nitrogens with zero attached hydrogens (tertiary/aromatic N) is 5. The van der Waals surface area contributed by atoms with Gasteiger partial charge in [0.05, 0.1) is 17.4 Å². The second-order valence-electron chi connectivity index (χ2n) is 19.8. The maximum absolute atomic E-state index is 14.1. The smallest absolute Gasteiger partial charge is 0.309 e. The molecule has 9 atom stereocenters. The molecule has 5 aliphatic rings. The Balaban J connectivity index is 1.19. The monoisotopic (exact) mass is 755 g/mol. The maximum atomic E-state index is 14.1. The third kappa shape index (κ3) is 5.72. The van der Waals surface area contributed by atoms with E-state index >= 15 is 0 Å². The molecule has 2 aromatic rings. The summed E-state index contributed by atoms with van der Waals surface area (Å²) >= 11 is 0. The van der Waals surface area contributed by atoms with Crippen LogP contribution in [0.3, 0.4) is 0 Å². The zero-order valence-electron chi connectivity index (χ0n) is 33.9. The van der Waals surface area contributed by atoms with E-state index < -0.39 is 28.9 Å². The predicted octanol–water partition coefficient (Wildman–Crippen LogP) is 7.83. The number of aliphatic carboxylic acids is 1. The SMILES string of the molecule is CC(C)C1=C2[C@H]3CC[C@@H]4[C@@]5(C)CC[C@H](OC(=O)CC(C)(C)C(=O)O)C(C)(C)C5CC[C@@]4(C)[C@]3(C)CC[C@@]2(C(O)c2nnc(-c3ncc(C#N)cn3)o2)CC1=O. The molecule has 2 heterocycles. The third-order valence-corrected chi connectivity index (χ3v) is 16.0. The summed E-state index contributed by atoms with van der Waals surface area (Å²) in [5.41, 5.74) is -0.294. The molecule has 0 saturated heterocycles. The van der Waals surface area contributed by atoms with E-state index in [-0.39, 0.29) is 75.8 Å². The van der Waals surface area contributed by atoms with Gasteiger partial charge in [-0.25, -0.2) is 9.97 Å². The highest BCUT2D eigenvalue weighted by Crippen LogP contribution is 2.77. The van der Waals surface area contributed by atoms with Crippen molar-refractivity contribution in [3.63, 3.8) is 0 Å². The van der Waals surface area contributed by atoms with Gasteiger partial charge in [-0.1, -0.05) is 48.5 Å². The number of esters is 1. The number of Topliss-reactive ketones (excluding diaryl/α,β-unsaturated/α-hetero) is 1. The van der Waals surface area contributed by atoms with Gasteiger partial charge in [0, 0.05) is 29.6 Å². The molecule has 0 aliphatic heterocycles. The van der Waals surface area contributed by atoms with Crippen molar-refractivity contribution in [1.82, 2.24) is 20.2 Å². The molecule has 55 heavy (non-hydrogen) atoms. The second-order valence-corrected chi connectivity index (χ2v) is 19.8. The summed E-state index contributed by atoms with van der Waals surface area (Å²) in [6.07, 6.45) is 8.33. The van der Waals surface area contributed by atoms with E-state index in [1.165, 1.54) is 12.4 Å². The average molecular weight is 756 g/mol. The molecule has 12 heteroatoms. The van der Waals surface area contributed by atoms with E-state index in [1.54, 1.807) is 13.8 Å². The number of hydrogen-bond acceptors (Lipinski definition) is 11. The normalized spacial score (nSPS) is 35.9. The lowest BCUT2D eigenvalue weighted by atomic mass is 9.33. The summed E-state index contributed by atoms with van der Waals surface area (Å²) in [4.78, 5) is 47.4. The summed E-state index contributed by atoms with van der Waals surface area (Å²) in [7, 11) is 0. The van der Waals surface area contributed by atoms with Crippen LogP contribution < -0.4 is 0 Å². The van der Waals surface area contributed by atoms with Gasteiger partial charge in [0.25, 0.3) is 5.89 Å². The fourth-order valence-corrected chi connectivity index (χ4v) is 13.0. The molecule has 0 radical (unpaired) electrons. The summed E-state index contributed by atoms with van der Waals surface area (Å²) in [5, 5.41) is 39.5. The molecule has 2 unspecified atom stereocenters. The number of carbonyl (C=O) groups is 3. The van der Waals surface area contributed by atoms with Gasteiger partial charge < -0.3 is 19.4 Å². The van der Waals surface area contributed by atoms with Gasteiger partial charge in [-0.05, 0) is 116 Å². The van der Waals surface area contributed by atoms with E-state index in [9.17, 15) is 24.6 Å². The largest absolute Gasteiger partial charge is 0.481 e. The molecule has 2 aromatic heterocycles. The Kier molecular flexibility index (Phi) is 9.31. The lowest BCUT2D eigenvalue weighted by Gasteiger charge is -2.72. The zero-order valence-corrected chi connectivity index (χ0v) is 33.9. The number of carboxylic acids is 1. The summed E-state index contributed by atoms with van der Waals surface area (Å²) < 4.78 is 12.2. The lowest BCUT2D eigenvalue weighted by Crippen LogP contribution is -2.66. The minimum absolute atomic E-state index is 0.00377. The van der Waals surface area contributed by atoms with Crippen LogP contribution in [0.4, 0.5) is 0 Å². The molecule has 2 N–H and O–H groups in total. The highest BCUT2D eigenvalue weighted by molar-refractivity contribution is 6.00. The van der Waals surface area contributed by atoms with Crippen molar-refractivity contribution in [2.75, 3.05) is 0 Å². The van der Waals surface area contributed by atoms with Crippen molar-refractivity contribution in [1.29, 1.82) is 5.26 Å². The van der Waals surface area contributed by atoms with Crippen molar-refractivity contribution in [3.05, 3.63) is 35.0 Å². The molecule has 0 amide bonds. The maximum Gasteiger partial charge on any atom is 0.309 e. The summed E-state index contributed by atoms with van der Waals surface area (Å²) in [6, 6.07) is 2.00. The Hall–Kier alpha value is -3.98. The van der Waals surface area contributed by atoms with Gasteiger partial charge in [-0.15, -0.1) is 10.2 Å². The van der Waals surface area contributed by atoms with E-state index in [4.69, 9.17) is 14.4 Å². The van der Waals surface area contributed by atoms with Gasteiger partial charge in [0.2, 0.25) is 11.7 Å². The number of rotatable bonds is 8. The first-order valence-corrected chi connectivity index (χ1v) is 20.1. The number of ether oxygens (including phenoxy) is 1. The molecule has 296 valence electrons. The number of fused-ring (bicyclic) bond motifs is 7. The topological polar surface area (TPSA) is 189 Å². The quantitative estimate of drug-likeness (QED) is 0.249. The van der Waals surface area contributed by atoms with Crippen molar-refractivity contribution < 1.29 is 33.8 Å². The number of aromatic nitrogens is 4. The number of allylic oxidation sites excluding steroid dienone is 1. The van der Waals surface area contributed by atoms with Crippen LogP contribution in [0, 0.1) is 67.5 Å². The number of nitriles is 1. The fourth-order valence-electron chi connectivity index (χ4n) is 13.0. The number of carboxylic acid groups (broad SMARTS) is 1. The van der Waals surface area contributed by atoms with E-state index in [2.05, 4.69) is 68.6 Å². The number of aliphatic hydroxyl groups excluding tert-OH is 1. The molecular formula is C43H57N5O7. The average Bonchev–Trinajstić information content (AvgIpc) is 3.72. The Morgan fingerprint density at radius 2 is 1.67 bits per heavy atom. The molecule has 0 bridgehead atoms. The van der Waals surface area contributed by atoms with E-state index in [1.807, 2.05) is 6.07 Å². The predicted molar refractivity (Wildman–Crippen MR) is 200 cm³/mol. The number of ketones is 1. The Morgan fingerprint density at radius 3 is 2.31 bits per heavy atom. The van der Waals surface area contributed by atoms with Crippen LogP contribution in [-0.4, -0.2) is 54.2 Å². The Labute approximate surface area is 323 Å². The van der Waals surface area contributed by atoms with Crippen molar-refractivity contribution in [2.45, 2.75) is 139 Å². The first kappa shape index (κ1) is 39.3. The van der Waals surface area contributed by atoms with Gasteiger partial charge in [0.15, 0.2) is 5.78 Å². The van der Waals surface area contributed by atoms with Crippen molar-refractivity contribution in [2.24, 2.45) is 56.2 Å². The molecule has 0 aromatic carbocycles. The molecule has 7 rings (SSSR count). The van der Waals surface area contributed by atoms with Gasteiger partial charge in [0.1, 0.15) is 18.3 Å². The number of aliphatic hydroxyl groups is 1. The van der Waals surface area contributed by atoms with Crippen LogP contribution >= 0.6 is 0 Å². The van der Waals surface area contributed by atoms with Crippen molar-refractivity contribution in [3.8, 4) is 17.8 Å². The summed E-state index contributed by atoms with van der Waals surface area (Å²) in [5.74, 6) is -0.323. The van der Waals surface area contributed by atoms with Crippen LogP contribution in [0.15, 0.2) is 28.0 Å². The minimum atomic E-state index is -1.19. The molecular weight excluding hydrogens is 699 g/mol. The summed E-state index contributed by atoms with van der Waals surface area (Å²) in [6.45, 7) is 19.2. The molecule has 4 saturated carbocycles. The molecule has 12 nitrogen and oxygen atoms in total. The first-order valence-electron chi connectivity index (χ1n) is 20.1. The third-order valence-electron chi connectivity index (χ3n) is 16.0. The highest BCUT2D eigenvalue weighted by Gasteiger charge is 2.71. The molecule has 0 spiro atoms. The molecule has 5 aliphatic carbocycles. The van der Waals surface area contributed by atoms with E-state index in [0.29, 0.717) is 23.8 Å². The lowest BCUT2D eigenvalue weighted by molar-refractivity contribution is -0.235. The fraction of sp³-hybridized carbons (Fsp3) is 0.721. The van der Waals surface area contributed by atoms with Crippen LogP contribution in [0.2, 0.25) is 0 Å². The minimum Gasteiger partial charge on any atom is -0.481 e. The van der Waals surface area contributed by atoms with Crippen LogP contribution in [0.1, 0.15) is 144 Å². The Bertz CT molecular complexity index is 1980. The highest BCUT2D eigenvalue weighted by atomic mass is 16.5. The second kappa shape index (κ2) is 13.0. The van der Waals surface area contributed by atoms with Crippen molar-refractivity contribution >= 4 is 17.7 Å². The zero-order chi connectivity index (χ0) is 40.1. The number of hydrogen-bond donors (Lipinski definition) is 2. The number of carbonyl (C=O) groups excluding carboxylic acids is 2. The molecule has 4 fully saturated rings.